The standard InChI is InChI=1S/C9H12N6/c1-14(2)7-4-3-5-8(6-7)15-9(10)11-12-13-15/h3-6H,1-2H3,(H2,10,11,13). The molecule has 2 N–H and O–H groups in total. The maximum absolute atomic E-state index is 5.61. The molecule has 0 saturated heterocycles. The fourth-order valence-corrected chi connectivity index (χ4v) is 1.28. The highest BCUT2D eigenvalue weighted by Gasteiger charge is 2.05. The van der Waals surface area contributed by atoms with E-state index in [1.54, 1.807) is 0 Å². The number of benzene rings is 1. The summed E-state index contributed by atoms with van der Waals surface area (Å²) in [5.41, 5.74) is 7.53. The lowest BCUT2D eigenvalue weighted by Crippen LogP contribution is -2.09. The molecule has 1 aromatic heterocycles. The summed E-state index contributed by atoms with van der Waals surface area (Å²) in [5, 5.41) is 10.9. The van der Waals surface area contributed by atoms with E-state index in [0.717, 1.165) is 11.4 Å². The van der Waals surface area contributed by atoms with E-state index in [4.69, 9.17) is 5.73 Å². The number of nitrogens with zero attached hydrogens (tertiary/aromatic N) is 5. The van der Waals surface area contributed by atoms with Gasteiger partial charge >= 0.3 is 0 Å². The van der Waals surface area contributed by atoms with E-state index in [0.29, 0.717) is 0 Å². The van der Waals surface area contributed by atoms with E-state index >= 15 is 0 Å². The number of rotatable bonds is 2. The quantitative estimate of drug-likeness (QED) is 0.762. The van der Waals surface area contributed by atoms with E-state index in [1.165, 1.54) is 4.68 Å². The molecule has 0 aliphatic rings. The Labute approximate surface area is 87.3 Å². The molecule has 0 radical (unpaired) electrons. The second-order valence-corrected chi connectivity index (χ2v) is 3.36. The summed E-state index contributed by atoms with van der Waals surface area (Å²) in [6.45, 7) is 0. The second kappa shape index (κ2) is 3.56. The van der Waals surface area contributed by atoms with Crippen LogP contribution in [0.2, 0.25) is 0 Å². The average Bonchev–Trinajstić information content (AvgIpc) is 2.64. The summed E-state index contributed by atoms with van der Waals surface area (Å²) in [7, 11) is 3.95. The van der Waals surface area contributed by atoms with Crippen LogP contribution in [0.5, 0.6) is 0 Å². The molecule has 2 rings (SSSR count). The molecule has 6 heteroatoms. The summed E-state index contributed by atoms with van der Waals surface area (Å²) in [5.74, 6) is 0.283. The van der Waals surface area contributed by atoms with Gasteiger partial charge < -0.3 is 10.6 Å². The van der Waals surface area contributed by atoms with Crippen molar-refractivity contribution in [1.82, 2.24) is 20.2 Å². The number of tetrazole rings is 1. The van der Waals surface area contributed by atoms with Crippen molar-refractivity contribution in [2.75, 3.05) is 24.7 Å². The molecule has 0 saturated carbocycles. The lowest BCUT2D eigenvalue weighted by molar-refractivity contribution is 0.791. The lowest BCUT2D eigenvalue weighted by Gasteiger charge is -2.13. The van der Waals surface area contributed by atoms with E-state index in [-0.39, 0.29) is 5.95 Å². The van der Waals surface area contributed by atoms with Crippen LogP contribution in [0.3, 0.4) is 0 Å². The molecule has 0 fully saturated rings. The van der Waals surface area contributed by atoms with Gasteiger partial charge in [0.1, 0.15) is 0 Å². The Balaban J connectivity index is 2.46. The molecule has 0 spiro atoms. The Morgan fingerprint density at radius 1 is 1.33 bits per heavy atom. The highest BCUT2D eigenvalue weighted by molar-refractivity contribution is 5.52. The molecule has 0 atom stereocenters. The van der Waals surface area contributed by atoms with Gasteiger partial charge in [-0.05, 0) is 28.6 Å². The lowest BCUT2D eigenvalue weighted by atomic mass is 10.2. The molecule has 15 heavy (non-hydrogen) atoms. The Morgan fingerprint density at radius 2 is 2.13 bits per heavy atom. The normalized spacial score (nSPS) is 10.3. The van der Waals surface area contributed by atoms with Gasteiger partial charge in [0.15, 0.2) is 0 Å². The van der Waals surface area contributed by atoms with Crippen molar-refractivity contribution in [2.24, 2.45) is 0 Å². The van der Waals surface area contributed by atoms with E-state index in [2.05, 4.69) is 15.5 Å². The monoisotopic (exact) mass is 204 g/mol. The van der Waals surface area contributed by atoms with Crippen LogP contribution >= 0.6 is 0 Å². The number of nitrogen functional groups attached to an aromatic ring is 1. The van der Waals surface area contributed by atoms with E-state index in [9.17, 15) is 0 Å². The fraction of sp³-hybridized carbons (Fsp3) is 0.222. The Morgan fingerprint density at radius 3 is 2.73 bits per heavy atom. The third-order valence-corrected chi connectivity index (χ3v) is 2.08. The zero-order valence-electron chi connectivity index (χ0n) is 8.62. The van der Waals surface area contributed by atoms with Crippen LogP contribution in [0.4, 0.5) is 11.6 Å². The van der Waals surface area contributed by atoms with Crippen LogP contribution < -0.4 is 10.6 Å². The first-order valence-corrected chi connectivity index (χ1v) is 4.50. The summed E-state index contributed by atoms with van der Waals surface area (Å²) in [4.78, 5) is 2.00. The smallest absolute Gasteiger partial charge is 0.245 e. The van der Waals surface area contributed by atoms with Crippen LogP contribution in [0.15, 0.2) is 24.3 Å². The highest BCUT2D eigenvalue weighted by atomic mass is 15.6. The molecule has 0 amide bonds. The van der Waals surface area contributed by atoms with Gasteiger partial charge in [0.2, 0.25) is 5.95 Å². The van der Waals surface area contributed by atoms with E-state index < -0.39 is 0 Å². The predicted molar refractivity (Wildman–Crippen MR) is 57.9 cm³/mol. The third kappa shape index (κ3) is 1.74. The van der Waals surface area contributed by atoms with Gasteiger partial charge in [-0.3, -0.25) is 0 Å². The van der Waals surface area contributed by atoms with Crippen molar-refractivity contribution in [1.29, 1.82) is 0 Å². The topological polar surface area (TPSA) is 72.9 Å². The van der Waals surface area contributed by atoms with Crippen molar-refractivity contribution in [3.63, 3.8) is 0 Å². The molecular weight excluding hydrogens is 192 g/mol. The molecule has 1 heterocycles. The molecule has 0 unspecified atom stereocenters. The van der Waals surface area contributed by atoms with Crippen LogP contribution in [0.25, 0.3) is 5.69 Å². The first-order chi connectivity index (χ1) is 7.18. The van der Waals surface area contributed by atoms with E-state index in [1.807, 2.05) is 43.3 Å². The minimum absolute atomic E-state index is 0.283. The zero-order chi connectivity index (χ0) is 10.8. The number of nitrogens with two attached hydrogens (primary N) is 1. The van der Waals surface area contributed by atoms with Crippen LogP contribution in [0.1, 0.15) is 0 Å². The maximum Gasteiger partial charge on any atom is 0.245 e. The van der Waals surface area contributed by atoms with Crippen molar-refractivity contribution in [3.05, 3.63) is 24.3 Å². The number of hydrogen-bond donors (Lipinski definition) is 1. The SMILES string of the molecule is CN(C)c1cccc(-n2nnnc2N)c1. The number of anilines is 2. The highest BCUT2D eigenvalue weighted by Crippen LogP contribution is 2.16. The van der Waals surface area contributed by atoms with Crippen LogP contribution in [-0.2, 0) is 0 Å². The largest absolute Gasteiger partial charge is 0.378 e. The molecule has 0 aliphatic heterocycles. The summed E-state index contributed by atoms with van der Waals surface area (Å²) in [6, 6.07) is 7.81. The molecule has 0 aliphatic carbocycles. The van der Waals surface area contributed by atoms with Crippen molar-refractivity contribution in [3.8, 4) is 5.69 Å². The number of hydrogen-bond acceptors (Lipinski definition) is 5. The maximum atomic E-state index is 5.61. The van der Waals surface area contributed by atoms with Crippen LogP contribution in [-0.4, -0.2) is 34.3 Å². The molecule has 0 bridgehead atoms. The Kier molecular flexibility index (Phi) is 2.24. The molecule has 1 aromatic carbocycles. The summed E-state index contributed by atoms with van der Waals surface area (Å²) >= 11 is 0. The summed E-state index contributed by atoms with van der Waals surface area (Å²) in [6.07, 6.45) is 0. The fourth-order valence-electron chi connectivity index (χ4n) is 1.28. The van der Waals surface area contributed by atoms with Gasteiger partial charge in [-0.2, -0.15) is 4.68 Å². The molecular formula is C9H12N6. The minimum Gasteiger partial charge on any atom is -0.378 e. The van der Waals surface area contributed by atoms with Gasteiger partial charge in [-0.1, -0.05) is 11.2 Å². The zero-order valence-corrected chi connectivity index (χ0v) is 8.62. The van der Waals surface area contributed by atoms with Gasteiger partial charge in [-0.25, -0.2) is 0 Å². The summed E-state index contributed by atoms with van der Waals surface area (Å²) < 4.78 is 1.49. The first kappa shape index (κ1) is 9.45. The molecule has 78 valence electrons. The third-order valence-electron chi connectivity index (χ3n) is 2.08. The van der Waals surface area contributed by atoms with Gasteiger partial charge in [0.25, 0.3) is 0 Å². The second-order valence-electron chi connectivity index (χ2n) is 3.36. The van der Waals surface area contributed by atoms with Crippen LogP contribution in [0, 0.1) is 0 Å². The van der Waals surface area contributed by atoms with Crippen molar-refractivity contribution >= 4 is 11.6 Å². The Hall–Kier alpha value is -2.11. The average molecular weight is 204 g/mol. The first-order valence-electron chi connectivity index (χ1n) is 4.50. The van der Waals surface area contributed by atoms with Crippen molar-refractivity contribution < 1.29 is 0 Å². The Bertz CT molecular complexity index is 461. The van der Waals surface area contributed by atoms with Gasteiger partial charge in [0, 0.05) is 19.8 Å². The molecule has 2 aromatic rings. The van der Waals surface area contributed by atoms with Crippen molar-refractivity contribution in [2.45, 2.75) is 0 Å². The molecule has 6 nitrogen and oxygen atoms in total. The van der Waals surface area contributed by atoms with Gasteiger partial charge in [-0.15, -0.1) is 0 Å². The predicted octanol–water partition coefficient (Wildman–Crippen LogP) is 0.310. The minimum atomic E-state index is 0.283. The van der Waals surface area contributed by atoms with Gasteiger partial charge in [0.05, 0.1) is 5.69 Å². The number of aromatic nitrogens is 4.